The molecule has 3 heteroatoms. The molecule has 1 aromatic carbocycles. The average Bonchev–Trinajstić information content (AvgIpc) is 2.23. The van der Waals surface area contributed by atoms with E-state index >= 15 is 0 Å². The average molecular weight is 211 g/mol. The van der Waals surface area contributed by atoms with Crippen LogP contribution in [0.2, 0.25) is 5.02 Å². The maximum Gasteiger partial charge on any atom is 0.138 e. The molecule has 1 fully saturated rings. The third-order valence-electron chi connectivity index (χ3n) is 2.35. The Morgan fingerprint density at radius 3 is 2.93 bits per heavy atom. The van der Waals surface area contributed by atoms with Gasteiger partial charge in [0.2, 0.25) is 0 Å². The lowest BCUT2D eigenvalue weighted by atomic mass is 10.1. The summed E-state index contributed by atoms with van der Waals surface area (Å²) in [4.78, 5) is 0. The van der Waals surface area contributed by atoms with Crippen molar-refractivity contribution in [1.29, 1.82) is 0 Å². The van der Waals surface area contributed by atoms with Gasteiger partial charge in [0.05, 0.1) is 5.02 Å². The van der Waals surface area contributed by atoms with Gasteiger partial charge < -0.3 is 10.1 Å². The third-order valence-corrected chi connectivity index (χ3v) is 2.65. The highest BCUT2D eigenvalue weighted by Gasteiger charge is 2.15. The van der Waals surface area contributed by atoms with Crippen LogP contribution < -0.4 is 10.1 Å². The SMILES string of the molecule is Clc1[c]cccc1OC1CCNCC1. The Morgan fingerprint density at radius 2 is 2.21 bits per heavy atom. The largest absolute Gasteiger partial charge is 0.489 e. The van der Waals surface area contributed by atoms with Gasteiger partial charge in [0.25, 0.3) is 0 Å². The molecule has 1 aliphatic rings. The minimum Gasteiger partial charge on any atom is -0.489 e. The van der Waals surface area contributed by atoms with Crippen molar-refractivity contribution in [2.24, 2.45) is 0 Å². The Kier molecular flexibility index (Phi) is 3.27. The molecule has 2 rings (SSSR count). The second-order valence-electron chi connectivity index (χ2n) is 3.42. The summed E-state index contributed by atoms with van der Waals surface area (Å²) in [5.74, 6) is 0.751. The number of ether oxygens (including phenoxy) is 1. The molecule has 1 N–H and O–H groups in total. The van der Waals surface area contributed by atoms with E-state index in [4.69, 9.17) is 16.3 Å². The first kappa shape index (κ1) is 9.81. The number of benzene rings is 1. The first-order valence-electron chi connectivity index (χ1n) is 4.90. The van der Waals surface area contributed by atoms with Crippen LogP contribution >= 0.6 is 11.6 Å². The van der Waals surface area contributed by atoms with Crippen LogP contribution in [0.3, 0.4) is 0 Å². The molecule has 14 heavy (non-hydrogen) atoms. The number of piperidine rings is 1. The topological polar surface area (TPSA) is 21.3 Å². The molecule has 2 nitrogen and oxygen atoms in total. The second kappa shape index (κ2) is 4.67. The van der Waals surface area contributed by atoms with Gasteiger partial charge in [-0.15, -0.1) is 0 Å². The van der Waals surface area contributed by atoms with Crippen molar-refractivity contribution in [3.8, 4) is 5.75 Å². The molecule has 1 radical (unpaired) electrons. The predicted octanol–water partition coefficient (Wildman–Crippen LogP) is 2.27. The van der Waals surface area contributed by atoms with E-state index in [1.807, 2.05) is 12.1 Å². The fourth-order valence-corrected chi connectivity index (χ4v) is 1.76. The fourth-order valence-electron chi connectivity index (χ4n) is 1.58. The van der Waals surface area contributed by atoms with Gasteiger partial charge in [-0.3, -0.25) is 0 Å². The molecule has 1 aliphatic heterocycles. The highest BCUT2D eigenvalue weighted by atomic mass is 35.5. The number of halogens is 1. The van der Waals surface area contributed by atoms with Gasteiger partial charge in [0.15, 0.2) is 0 Å². The first-order valence-corrected chi connectivity index (χ1v) is 5.27. The summed E-state index contributed by atoms with van der Waals surface area (Å²) < 4.78 is 5.78. The summed E-state index contributed by atoms with van der Waals surface area (Å²) in [6.45, 7) is 2.05. The van der Waals surface area contributed by atoms with Gasteiger partial charge in [-0.1, -0.05) is 23.7 Å². The monoisotopic (exact) mass is 210 g/mol. The molecule has 1 aromatic rings. The lowest BCUT2D eigenvalue weighted by Gasteiger charge is -2.24. The number of rotatable bonds is 2. The zero-order valence-corrected chi connectivity index (χ0v) is 8.68. The van der Waals surface area contributed by atoms with Gasteiger partial charge in [0, 0.05) is 6.07 Å². The molecule has 1 heterocycles. The molecule has 0 saturated carbocycles. The zero-order chi connectivity index (χ0) is 9.80. The van der Waals surface area contributed by atoms with Crippen molar-refractivity contribution < 1.29 is 4.74 Å². The highest BCUT2D eigenvalue weighted by molar-refractivity contribution is 6.31. The Balaban J connectivity index is 1.99. The van der Waals surface area contributed by atoms with Crippen molar-refractivity contribution in [3.63, 3.8) is 0 Å². The number of hydrogen-bond acceptors (Lipinski definition) is 2. The Morgan fingerprint density at radius 1 is 1.43 bits per heavy atom. The standard InChI is InChI=1S/C11H13ClNO/c12-10-3-1-2-4-11(10)14-9-5-7-13-8-6-9/h1-2,4,9,13H,5-8H2. The Bertz CT molecular complexity index is 297. The lowest BCUT2D eigenvalue weighted by Crippen LogP contribution is -2.34. The molecule has 0 aliphatic carbocycles. The fraction of sp³-hybridized carbons (Fsp3) is 0.455. The molecule has 1 saturated heterocycles. The quantitative estimate of drug-likeness (QED) is 0.809. The summed E-state index contributed by atoms with van der Waals surface area (Å²) in [7, 11) is 0. The van der Waals surface area contributed by atoms with Crippen molar-refractivity contribution in [2.45, 2.75) is 18.9 Å². The summed E-state index contributed by atoms with van der Waals surface area (Å²) in [5, 5.41) is 3.87. The number of nitrogens with one attached hydrogen (secondary N) is 1. The van der Waals surface area contributed by atoms with Crippen LogP contribution in [0.4, 0.5) is 0 Å². The van der Waals surface area contributed by atoms with E-state index in [1.54, 1.807) is 6.07 Å². The van der Waals surface area contributed by atoms with Crippen molar-refractivity contribution >= 4 is 11.6 Å². The first-order chi connectivity index (χ1) is 6.86. The molecular weight excluding hydrogens is 198 g/mol. The lowest BCUT2D eigenvalue weighted by molar-refractivity contribution is 0.162. The maximum absolute atomic E-state index is 5.95. The Labute approximate surface area is 89.2 Å². The van der Waals surface area contributed by atoms with Crippen LogP contribution in [0.15, 0.2) is 18.2 Å². The minimum atomic E-state index is 0.296. The van der Waals surface area contributed by atoms with Crippen LogP contribution in [-0.4, -0.2) is 19.2 Å². The van der Waals surface area contributed by atoms with Crippen LogP contribution in [0, 0.1) is 6.07 Å². The van der Waals surface area contributed by atoms with Crippen LogP contribution in [0.5, 0.6) is 5.75 Å². The summed E-state index contributed by atoms with van der Waals surface area (Å²) >= 11 is 5.95. The highest BCUT2D eigenvalue weighted by Crippen LogP contribution is 2.25. The molecule has 0 aromatic heterocycles. The van der Waals surface area contributed by atoms with E-state index in [9.17, 15) is 0 Å². The van der Waals surface area contributed by atoms with Crippen molar-refractivity contribution in [2.75, 3.05) is 13.1 Å². The summed E-state index contributed by atoms with van der Waals surface area (Å²) in [6, 6.07) is 8.48. The normalized spacial score (nSPS) is 18.1. The molecule has 0 unspecified atom stereocenters. The van der Waals surface area contributed by atoms with E-state index in [1.165, 1.54) is 0 Å². The number of hydrogen-bond donors (Lipinski definition) is 1. The molecule has 75 valence electrons. The third kappa shape index (κ3) is 2.40. The summed E-state index contributed by atoms with van der Waals surface area (Å²) in [6.07, 6.45) is 2.39. The molecule has 0 atom stereocenters. The van der Waals surface area contributed by atoms with Crippen LogP contribution in [-0.2, 0) is 0 Å². The van der Waals surface area contributed by atoms with Gasteiger partial charge >= 0.3 is 0 Å². The molecule has 0 bridgehead atoms. The van der Waals surface area contributed by atoms with Crippen molar-refractivity contribution in [1.82, 2.24) is 5.32 Å². The van der Waals surface area contributed by atoms with E-state index < -0.39 is 0 Å². The van der Waals surface area contributed by atoms with Gasteiger partial charge in [0.1, 0.15) is 11.9 Å². The Hall–Kier alpha value is -0.730. The van der Waals surface area contributed by atoms with E-state index in [0.29, 0.717) is 11.1 Å². The maximum atomic E-state index is 5.95. The van der Waals surface area contributed by atoms with E-state index in [-0.39, 0.29) is 0 Å². The smallest absolute Gasteiger partial charge is 0.138 e. The van der Waals surface area contributed by atoms with Crippen LogP contribution in [0.1, 0.15) is 12.8 Å². The van der Waals surface area contributed by atoms with E-state index in [0.717, 1.165) is 31.7 Å². The second-order valence-corrected chi connectivity index (χ2v) is 3.79. The zero-order valence-electron chi connectivity index (χ0n) is 7.92. The summed E-state index contributed by atoms with van der Waals surface area (Å²) in [5.41, 5.74) is 0. The van der Waals surface area contributed by atoms with Gasteiger partial charge in [-0.25, -0.2) is 0 Å². The van der Waals surface area contributed by atoms with Gasteiger partial charge in [-0.2, -0.15) is 0 Å². The predicted molar refractivity (Wildman–Crippen MR) is 56.8 cm³/mol. The van der Waals surface area contributed by atoms with Crippen LogP contribution in [0.25, 0.3) is 0 Å². The molecule has 0 amide bonds. The van der Waals surface area contributed by atoms with Crippen molar-refractivity contribution in [3.05, 3.63) is 29.3 Å². The van der Waals surface area contributed by atoms with Gasteiger partial charge in [-0.05, 0) is 32.0 Å². The van der Waals surface area contributed by atoms with E-state index in [2.05, 4.69) is 11.4 Å². The minimum absolute atomic E-state index is 0.296. The molecular formula is C11H13ClNO. The molecule has 0 spiro atoms.